The number of aryl methyl sites for hydroxylation is 1. The van der Waals surface area contributed by atoms with Crippen LogP contribution >= 0.6 is 15.9 Å². The molecule has 0 unspecified atom stereocenters. The highest BCUT2D eigenvalue weighted by Crippen LogP contribution is 2.24. The number of amides is 2. The number of piperazine rings is 1. The molecule has 0 aliphatic carbocycles. The van der Waals surface area contributed by atoms with Gasteiger partial charge in [-0.05, 0) is 38.5 Å². The van der Waals surface area contributed by atoms with E-state index in [9.17, 15) is 4.79 Å². The molecule has 110 valence electrons. The number of anilines is 1. The third-order valence-electron chi connectivity index (χ3n) is 3.50. The first-order valence-corrected chi connectivity index (χ1v) is 7.83. The molecule has 5 heteroatoms. The van der Waals surface area contributed by atoms with E-state index in [1.807, 2.05) is 18.7 Å². The number of nitrogens with zero attached hydrogens (tertiary/aromatic N) is 2. The number of carbonyl (C=O) groups is 1. The van der Waals surface area contributed by atoms with Crippen LogP contribution in [0.25, 0.3) is 0 Å². The fourth-order valence-corrected chi connectivity index (χ4v) is 2.65. The summed E-state index contributed by atoms with van der Waals surface area (Å²) in [7, 11) is 0. The Morgan fingerprint density at radius 3 is 2.45 bits per heavy atom. The summed E-state index contributed by atoms with van der Waals surface area (Å²) >= 11 is 3.57. The van der Waals surface area contributed by atoms with Crippen molar-refractivity contribution >= 4 is 27.6 Å². The Kier molecular flexibility index (Phi) is 4.91. The minimum atomic E-state index is 0.0461. The molecule has 0 bridgehead atoms. The van der Waals surface area contributed by atoms with Gasteiger partial charge < -0.3 is 15.1 Å². The molecule has 1 aliphatic heterocycles. The third kappa shape index (κ3) is 3.66. The van der Waals surface area contributed by atoms with E-state index in [-0.39, 0.29) is 12.1 Å². The second-order valence-corrected chi connectivity index (χ2v) is 6.37. The van der Waals surface area contributed by atoms with Gasteiger partial charge in [0.2, 0.25) is 0 Å². The molecule has 1 fully saturated rings. The lowest BCUT2D eigenvalue weighted by Crippen LogP contribution is -2.52. The Morgan fingerprint density at radius 2 is 1.90 bits per heavy atom. The Morgan fingerprint density at radius 1 is 1.25 bits per heavy atom. The zero-order valence-corrected chi connectivity index (χ0v) is 13.9. The Labute approximate surface area is 129 Å². The molecule has 4 nitrogen and oxygen atoms in total. The highest BCUT2D eigenvalue weighted by Gasteiger charge is 2.21. The maximum atomic E-state index is 11.9. The molecule has 1 aromatic rings. The summed E-state index contributed by atoms with van der Waals surface area (Å²) in [5.74, 6) is 0. The van der Waals surface area contributed by atoms with Gasteiger partial charge in [-0.15, -0.1) is 0 Å². The number of urea groups is 1. The molecule has 20 heavy (non-hydrogen) atoms. The Bertz CT molecular complexity index is 482. The molecule has 2 rings (SSSR count). The summed E-state index contributed by atoms with van der Waals surface area (Å²) in [6.45, 7) is 9.34. The van der Waals surface area contributed by atoms with Crippen molar-refractivity contribution in [3.8, 4) is 0 Å². The number of carbonyl (C=O) groups excluding carboxylic acids is 1. The number of halogens is 1. The van der Waals surface area contributed by atoms with Gasteiger partial charge in [-0.2, -0.15) is 0 Å². The lowest BCUT2D eigenvalue weighted by Gasteiger charge is -2.36. The smallest absolute Gasteiger partial charge is 0.317 e. The lowest BCUT2D eigenvalue weighted by atomic mass is 10.2. The number of hydrogen-bond acceptors (Lipinski definition) is 2. The van der Waals surface area contributed by atoms with Gasteiger partial charge in [-0.1, -0.05) is 22.0 Å². The quantitative estimate of drug-likeness (QED) is 0.898. The van der Waals surface area contributed by atoms with Crippen molar-refractivity contribution in [1.29, 1.82) is 0 Å². The van der Waals surface area contributed by atoms with Crippen molar-refractivity contribution in [1.82, 2.24) is 10.2 Å². The molecule has 0 radical (unpaired) electrons. The number of nitrogens with one attached hydrogen (secondary N) is 1. The maximum absolute atomic E-state index is 11.9. The van der Waals surface area contributed by atoms with Crippen LogP contribution in [0.5, 0.6) is 0 Å². The molecule has 0 atom stereocenters. The second-order valence-electron chi connectivity index (χ2n) is 5.51. The van der Waals surface area contributed by atoms with Gasteiger partial charge in [-0.25, -0.2) is 4.79 Å². The molecule has 1 aliphatic rings. The van der Waals surface area contributed by atoms with E-state index in [1.54, 1.807) is 0 Å². The first-order chi connectivity index (χ1) is 9.47. The fraction of sp³-hybridized carbons (Fsp3) is 0.533. The molecule has 2 amide bonds. The summed E-state index contributed by atoms with van der Waals surface area (Å²) in [4.78, 5) is 16.2. The van der Waals surface area contributed by atoms with Gasteiger partial charge in [0.1, 0.15) is 0 Å². The first-order valence-electron chi connectivity index (χ1n) is 7.04. The van der Waals surface area contributed by atoms with Gasteiger partial charge in [-0.3, -0.25) is 0 Å². The molecule has 0 spiro atoms. The van der Waals surface area contributed by atoms with Crippen molar-refractivity contribution in [3.63, 3.8) is 0 Å². The van der Waals surface area contributed by atoms with Gasteiger partial charge in [0.05, 0.1) is 0 Å². The predicted molar refractivity (Wildman–Crippen MR) is 86.3 cm³/mol. The Balaban J connectivity index is 1.94. The molecule has 1 aromatic carbocycles. The topological polar surface area (TPSA) is 35.6 Å². The van der Waals surface area contributed by atoms with Gasteiger partial charge in [0, 0.05) is 42.4 Å². The molecule has 0 aromatic heterocycles. The minimum Gasteiger partial charge on any atom is -0.368 e. The summed E-state index contributed by atoms with van der Waals surface area (Å²) in [6.07, 6.45) is 0. The third-order valence-corrected chi connectivity index (χ3v) is 4.35. The molecule has 1 heterocycles. The standard InChI is InChI=1S/C15H22BrN3O/c1-11(2)17-15(20)19-8-6-18(7-9-19)13-5-4-12(3)14(16)10-13/h4-5,10-11H,6-9H2,1-3H3,(H,17,20). The average Bonchev–Trinajstić information content (AvgIpc) is 2.41. The summed E-state index contributed by atoms with van der Waals surface area (Å²) in [6, 6.07) is 6.65. The van der Waals surface area contributed by atoms with Crippen LogP contribution in [0.4, 0.5) is 10.5 Å². The van der Waals surface area contributed by atoms with Crippen LogP contribution in [0, 0.1) is 6.92 Å². The van der Waals surface area contributed by atoms with Gasteiger partial charge in [0.25, 0.3) is 0 Å². The second kappa shape index (κ2) is 6.48. The van der Waals surface area contributed by atoms with Gasteiger partial charge >= 0.3 is 6.03 Å². The lowest BCUT2D eigenvalue weighted by molar-refractivity contribution is 0.192. The highest BCUT2D eigenvalue weighted by molar-refractivity contribution is 9.10. The van der Waals surface area contributed by atoms with Crippen LogP contribution in [-0.2, 0) is 0 Å². The fourth-order valence-electron chi connectivity index (χ4n) is 2.28. The number of rotatable bonds is 2. The van der Waals surface area contributed by atoms with Gasteiger partial charge in [0.15, 0.2) is 0 Å². The molecular weight excluding hydrogens is 318 g/mol. The summed E-state index contributed by atoms with van der Waals surface area (Å²) in [5, 5.41) is 2.94. The highest BCUT2D eigenvalue weighted by atomic mass is 79.9. The van der Waals surface area contributed by atoms with E-state index in [1.165, 1.54) is 11.3 Å². The van der Waals surface area contributed by atoms with Crippen molar-refractivity contribution in [2.45, 2.75) is 26.8 Å². The first kappa shape index (κ1) is 15.2. The predicted octanol–water partition coefficient (Wildman–Crippen LogP) is 3.00. The minimum absolute atomic E-state index is 0.0461. The van der Waals surface area contributed by atoms with Crippen molar-refractivity contribution < 1.29 is 4.79 Å². The monoisotopic (exact) mass is 339 g/mol. The van der Waals surface area contributed by atoms with E-state index in [2.05, 4.69) is 51.3 Å². The van der Waals surface area contributed by atoms with E-state index in [0.29, 0.717) is 0 Å². The maximum Gasteiger partial charge on any atom is 0.317 e. The largest absolute Gasteiger partial charge is 0.368 e. The molecule has 1 N–H and O–H groups in total. The average molecular weight is 340 g/mol. The van der Waals surface area contributed by atoms with Crippen LogP contribution < -0.4 is 10.2 Å². The van der Waals surface area contributed by atoms with Crippen LogP contribution in [0.2, 0.25) is 0 Å². The van der Waals surface area contributed by atoms with E-state index < -0.39 is 0 Å². The van der Waals surface area contributed by atoms with Crippen LogP contribution in [0.1, 0.15) is 19.4 Å². The van der Waals surface area contributed by atoms with Crippen LogP contribution in [0.3, 0.4) is 0 Å². The zero-order valence-electron chi connectivity index (χ0n) is 12.3. The van der Waals surface area contributed by atoms with E-state index in [4.69, 9.17) is 0 Å². The van der Waals surface area contributed by atoms with E-state index in [0.717, 1.165) is 30.7 Å². The number of benzene rings is 1. The SMILES string of the molecule is Cc1ccc(N2CCN(C(=O)NC(C)C)CC2)cc1Br. The Hall–Kier alpha value is -1.23. The zero-order chi connectivity index (χ0) is 14.7. The van der Waals surface area contributed by atoms with Crippen LogP contribution in [0.15, 0.2) is 22.7 Å². The normalized spacial score (nSPS) is 15.7. The van der Waals surface area contributed by atoms with Crippen molar-refractivity contribution in [2.24, 2.45) is 0 Å². The molecule has 1 saturated heterocycles. The number of hydrogen-bond donors (Lipinski definition) is 1. The van der Waals surface area contributed by atoms with Crippen LogP contribution in [-0.4, -0.2) is 43.2 Å². The van der Waals surface area contributed by atoms with Crippen molar-refractivity contribution in [3.05, 3.63) is 28.2 Å². The van der Waals surface area contributed by atoms with E-state index >= 15 is 0 Å². The van der Waals surface area contributed by atoms with Crippen molar-refractivity contribution in [2.75, 3.05) is 31.1 Å². The summed E-state index contributed by atoms with van der Waals surface area (Å²) in [5.41, 5.74) is 2.45. The summed E-state index contributed by atoms with van der Waals surface area (Å²) < 4.78 is 1.13. The molecular formula is C15H22BrN3O. The molecule has 0 saturated carbocycles.